The van der Waals surface area contributed by atoms with Gasteiger partial charge in [0, 0.05) is 47.8 Å². The number of amides is 1. The van der Waals surface area contributed by atoms with Crippen molar-refractivity contribution in [3.8, 4) is 10.7 Å². The van der Waals surface area contributed by atoms with Crippen LogP contribution in [-0.2, 0) is 11.8 Å². The minimum atomic E-state index is -0.199. The van der Waals surface area contributed by atoms with E-state index in [9.17, 15) is 4.79 Å². The van der Waals surface area contributed by atoms with Gasteiger partial charge in [0.2, 0.25) is 0 Å². The molecular weight excluding hydrogens is 396 g/mol. The van der Waals surface area contributed by atoms with Crippen molar-refractivity contribution < 1.29 is 9.53 Å². The van der Waals surface area contributed by atoms with Gasteiger partial charge < -0.3 is 19.5 Å². The Balaban J connectivity index is 1.31. The fourth-order valence-electron chi connectivity index (χ4n) is 3.76. The van der Waals surface area contributed by atoms with Crippen LogP contribution in [0, 0.1) is 0 Å². The number of benzene rings is 2. The maximum atomic E-state index is 12.7. The number of ether oxygens (including phenoxy) is 1. The fraction of sp³-hybridized carbons (Fsp3) is 0.217. The molecule has 0 saturated carbocycles. The Hall–Kier alpha value is -3.16. The Morgan fingerprint density at radius 2 is 1.87 bits per heavy atom. The highest BCUT2D eigenvalue weighted by Crippen LogP contribution is 2.29. The molecular formula is C23H22N4O2S. The molecule has 0 radical (unpaired) electrons. The first-order chi connectivity index (χ1) is 14.7. The Morgan fingerprint density at radius 3 is 2.63 bits per heavy atom. The van der Waals surface area contributed by atoms with Crippen molar-refractivity contribution in [1.29, 1.82) is 0 Å². The summed E-state index contributed by atoms with van der Waals surface area (Å²) in [5, 5.41) is 6.76. The van der Waals surface area contributed by atoms with Gasteiger partial charge in [-0.25, -0.2) is 4.98 Å². The summed E-state index contributed by atoms with van der Waals surface area (Å²) in [5.41, 5.74) is 4.49. The van der Waals surface area contributed by atoms with Crippen molar-refractivity contribution in [3.63, 3.8) is 0 Å². The predicted molar refractivity (Wildman–Crippen MR) is 121 cm³/mol. The minimum Gasteiger partial charge on any atom is -0.378 e. The summed E-state index contributed by atoms with van der Waals surface area (Å²) in [5.74, 6) is -0.199. The van der Waals surface area contributed by atoms with Crippen molar-refractivity contribution in [2.24, 2.45) is 7.05 Å². The van der Waals surface area contributed by atoms with E-state index in [-0.39, 0.29) is 5.91 Å². The van der Waals surface area contributed by atoms with E-state index in [1.54, 1.807) is 0 Å². The van der Waals surface area contributed by atoms with E-state index < -0.39 is 0 Å². The highest BCUT2D eigenvalue weighted by molar-refractivity contribution is 7.13. The molecule has 0 aliphatic carbocycles. The summed E-state index contributed by atoms with van der Waals surface area (Å²) in [6.45, 7) is 3.28. The molecule has 30 heavy (non-hydrogen) atoms. The molecule has 7 heteroatoms. The number of hydrogen-bond donors (Lipinski definition) is 1. The zero-order valence-electron chi connectivity index (χ0n) is 16.7. The topological polar surface area (TPSA) is 59.4 Å². The quantitative estimate of drug-likeness (QED) is 0.534. The smallest absolute Gasteiger partial charge is 0.275 e. The van der Waals surface area contributed by atoms with Gasteiger partial charge in [-0.15, -0.1) is 11.3 Å². The molecule has 0 spiro atoms. The maximum absolute atomic E-state index is 12.7. The monoisotopic (exact) mass is 418 g/mol. The third kappa shape index (κ3) is 3.58. The van der Waals surface area contributed by atoms with Crippen LogP contribution in [0.25, 0.3) is 21.6 Å². The number of morpholine rings is 1. The van der Waals surface area contributed by atoms with Crippen LogP contribution in [0.2, 0.25) is 0 Å². The summed E-state index contributed by atoms with van der Waals surface area (Å²) in [6, 6.07) is 18.3. The molecule has 0 bridgehead atoms. The van der Waals surface area contributed by atoms with E-state index in [1.807, 2.05) is 48.8 Å². The van der Waals surface area contributed by atoms with E-state index in [4.69, 9.17) is 4.74 Å². The first-order valence-corrected chi connectivity index (χ1v) is 10.8. The number of aromatic nitrogens is 2. The van der Waals surface area contributed by atoms with Gasteiger partial charge in [-0.3, -0.25) is 4.79 Å². The minimum absolute atomic E-state index is 0.199. The summed E-state index contributed by atoms with van der Waals surface area (Å²) in [6.07, 6.45) is 0. The maximum Gasteiger partial charge on any atom is 0.275 e. The molecule has 1 aliphatic heterocycles. The zero-order valence-corrected chi connectivity index (χ0v) is 17.5. The number of para-hydroxylation sites is 1. The predicted octanol–water partition coefficient (Wildman–Crippen LogP) is 4.39. The fourth-order valence-corrected chi connectivity index (χ4v) is 4.61. The van der Waals surface area contributed by atoms with Crippen molar-refractivity contribution in [1.82, 2.24) is 9.55 Å². The highest BCUT2D eigenvalue weighted by Gasteiger charge is 2.16. The lowest BCUT2D eigenvalue weighted by atomic mass is 10.2. The van der Waals surface area contributed by atoms with Crippen LogP contribution in [0.3, 0.4) is 0 Å². The van der Waals surface area contributed by atoms with Crippen LogP contribution in [0.15, 0.2) is 60.0 Å². The summed E-state index contributed by atoms with van der Waals surface area (Å²) >= 11 is 1.48. The number of aryl methyl sites for hydroxylation is 1. The van der Waals surface area contributed by atoms with Gasteiger partial charge in [0.15, 0.2) is 0 Å². The number of fused-ring (bicyclic) bond motifs is 1. The van der Waals surface area contributed by atoms with Crippen LogP contribution in [-0.4, -0.2) is 41.8 Å². The molecule has 2 aromatic heterocycles. The zero-order chi connectivity index (χ0) is 20.5. The number of anilines is 2. The average Bonchev–Trinajstić information content (AvgIpc) is 3.40. The third-order valence-corrected chi connectivity index (χ3v) is 6.27. The number of carbonyl (C=O) groups excluding carboxylic acids is 1. The van der Waals surface area contributed by atoms with Crippen LogP contribution in [0.4, 0.5) is 11.4 Å². The second-order valence-electron chi connectivity index (χ2n) is 7.29. The second-order valence-corrected chi connectivity index (χ2v) is 8.14. The lowest BCUT2D eigenvalue weighted by molar-refractivity contribution is 0.102. The van der Waals surface area contributed by atoms with Crippen molar-refractivity contribution in [2.45, 2.75) is 0 Å². The average molecular weight is 419 g/mol. The van der Waals surface area contributed by atoms with E-state index in [0.717, 1.165) is 59.3 Å². The lowest BCUT2D eigenvalue weighted by Crippen LogP contribution is -2.36. The largest absolute Gasteiger partial charge is 0.378 e. The van der Waals surface area contributed by atoms with Gasteiger partial charge in [-0.2, -0.15) is 0 Å². The highest BCUT2D eigenvalue weighted by atomic mass is 32.1. The number of hydrogen-bond acceptors (Lipinski definition) is 5. The van der Waals surface area contributed by atoms with Crippen LogP contribution in [0.1, 0.15) is 10.5 Å². The van der Waals surface area contributed by atoms with Gasteiger partial charge in [0.25, 0.3) is 5.91 Å². The number of thiazole rings is 1. The molecule has 1 fully saturated rings. The van der Waals surface area contributed by atoms with Gasteiger partial charge in [0.1, 0.15) is 10.7 Å². The van der Waals surface area contributed by atoms with Gasteiger partial charge in [-0.1, -0.05) is 18.2 Å². The van der Waals surface area contributed by atoms with Crippen molar-refractivity contribution >= 4 is 39.5 Å². The molecule has 1 aliphatic rings. The van der Waals surface area contributed by atoms with Crippen LogP contribution < -0.4 is 10.2 Å². The first kappa shape index (κ1) is 18.8. The van der Waals surface area contributed by atoms with Crippen LogP contribution >= 0.6 is 11.3 Å². The molecule has 152 valence electrons. The molecule has 4 aromatic rings. The SMILES string of the molecule is Cn1c(-c2nc(C(=O)Nc3ccc(N4CCOCC4)cc3)cs2)cc2ccccc21. The van der Waals surface area contributed by atoms with Crippen molar-refractivity contribution in [3.05, 3.63) is 65.7 Å². The standard InChI is InChI=1S/C23H22N4O2S/c1-26-20-5-3-2-4-16(20)14-21(26)23-25-19(15-30-23)22(28)24-17-6-8-18(9-7-17)27-10-12-29-13-11-27/h2-9,14-15H,10-13H2,1H3,(H,24,28). The molecule has 3 heterocycles. The first-order valence-electron chi connectivity index (χ1n) is 9.93. The van der Waals surface area contributed by atoms with E-state index in [2.05, 4.69) is 38.0 Å². The van der Waals surface area contributed by atoms with Crippen molar-refractivity contribution in [2.75, 3.05) is 36.5 Å². The summed E-state index contributed by atoms with van der Waals surface area (Å²) in [7, 11) is 2.02. The number of carbonyl (C=O) groups is 1. The molecule has 6 nitrogen and oxygen atoms in total. The molecule has 5 rings (SSSR count). The van der Waals surface area contributed by atoms with E-state index in [1.165, 1.54) is 11.3 Å². The normalized spacial score (nSPS) is 14.2. The molecule has 1 saturated heterocycles. The molecule has 1 N–H and O–H groups in total. The van der Waals surface area contributed by atoms with Gasteiger partial charge in [-0.05, 0) is 36.4 Å². The Bertz CT molecular complexity index is 1190. The molecule has 1 amide bonds. The van der Waals surface area contributed by atoms with E-state index in [0.29, 0.717) is 5.69 Å². The van der Waals surface area contributed by atoms with Crippen LogP contribution in [0.5, 0.6) is 0 Å². The van der Waals surface area contributed by atoms with Gasteiger partial charge >= 0.3 is 0 Å². The molecule has 0 unspecified atom stereocenters. The Kier molecular flexibility index (Phi) is 4.98. The molecule has 0 atom stereocenters. The molecule has 2 aromatic carbocycles. The second kappa shape index (κ2) is 7.93. The van der Waals surface area contributed by atoms with E-state index >= 15 is 0 Å². The number of nitrogens with one attached hydrogen (secondary N) is 1. The summed E-state index contributed by atoms with van der Waals surface area (Å²) in [4.78, 5) is 19.6. The number of nitrogens with zero attached hydrogens (tertiary/aromatic N) is 3. The third-order valence-electron chi connectivity index (χ3n) is 5.41. The Labute approximate surface area is 178 Å². The number of rotatable bonds is 4. The Morgan fingerprint density at radius 1 is 1.10 bits per heavy atom. The van der Waals surface area contributed by atoms with Gasteiger partial charge in [0.05, 0.1) is 18.9 Å². The summed E-state index contributed by atoms with van der Waals surface area (Å²) < 4.78 is 7.51. The lowest BCUT2D eigenvalue weighted by Gasteiger charge is -2.28.